The van der Waals surface area contributed by atoms with Gasteiger partial charge in [-0.1, -0.05) is 20.3 Å². The molecular formula is C11H23N3. The van der Waals surface area contributed by atoms with Crippen molar-refractivity contribution < 1.29 is 0 Å². The zero-order valence-corrected chi connectivity index (χ0v) is 9.42. The lowest BCUT2D eigenvalue weighted by Gasteiger charge is -2.30. The fourth-order valence-corrected chi connectivity index (χ4v) is 1.97. The van der Waals surface area contributed by atoms with Crippen molar-refractivity contribution in [2.45, 2.75) is 58.0 Å². The molecule has 0 heterocycles. The molecule has 1 aliphatic rings. The minimum Gasteiger partial charge on any atom is -0.386 e. The molecule has 0 aromatic rings. The second-order valence-corrected chi connectivity index (χ2v) is 4.20. The van der Waals surface area contributed by atoms with Crippen molar-refractivity contribution in [1.29, 1.82) is 5.41 Å². The van der Waals surface area contributed by atoms with Crippen LogP contribution in [-0.2, 0) is 0 Å². The van der Waals surface area contributed by atoms with Crippen LogP contribution >= 0.6 is 0 Å². The third-order valence-electron chi connectivity index (χ3n) is 2.93. The van der Waals surface area contributed by atoms with Crippen LogP contribution in [0.3, 0.4) is 0 Å². The summed E-state index contributed by atoms with van der Waals surface area (Å²) in [6, 6.07) is 0.907. The molecule has 0 radical (unpaired) electrons. The number of rotatable bonds is 7. The van der Waals surface area contributed by atoms with E-state index in [4.69, 9.17) is 11.1 Å². The molecule has 1 rings (SSSR count). The summed E-state index contributed by atoms with van der Waals surface area (Å²) >= 11 is 0. The topological polar surface area (TPSA) is 53.1 Å². The zero-order valence-electron chi connectivity index (χ0n) is 9.42. The van der Waals surface area contributed by atoms with Gasteiger partial charge < -0.3 is 5.73 Å². The van der Waals surface area contributed by atoms with Crippen molar-refractivity contribution in [2.24, 2.45) is 5.73 Å². The number of nitrogens with one attached hydrogen (secondary N) is 1. The fraction of sp³-hybridized carbons (Fsp3) is 0.909. The first-order valence-electron chi connectivity index (χ1n) is 5.80. The Hall–Kier alpha value is -0.570. The van der Waals surface area contributed by atoms with Crippen LogP contribution in [0.1, 0.15) is 46.0 Å². The van der Waals surface area contributed by atoms with E-state index < -0.39 is 0 Å². The van der Waals surface area contributed by atoms with E-state index in [1.807, 2.05) is 0 Å². The van der Waals surface area contributed by atoms with Crippen LogP contribution < -0.4 is 5.73 Å². The summed E-state index contributed by atoms with van der Waals surface area (Å²) in [6.45, 7) is 5.44. The standard InChI is InChI=1S/C11H23N3/c1-3-5-8-14(9-6-7-9)10(4-2)11(12)13/h9-10H,3-8H2,1-2H3,(H3,12,13). The van der Waals surface area contributed by atoms with Crippen LogP contribution in [0.2, 0.25) is 0 Å². The largest absolute Gasteiger partial charge is 0.386 e. The average Bonchev–Trinajstić information content (AvgIpc) is 2.94. The van der Waals surface area contributed by atoms with Crippen LogP contribution in [0.25, 0.3) is 0 Å². The molecule has 1 fully saturated rings. The minimum absolute atomic E-state index is 0.189. The highest BCUT2D eigenvalue weighted by Crippen LogP contribution is 2.29. The van der Waals surface area contributed by atoms with Gasteiger partial charge in [-0.3, -0.25) is 10.3 Å². The van der Waals surface area contributed by atoms with E-state index >= 15 is 0 Å². The number of hydrogen-bond acceptors (Lipinski definition) is 2. The Labute approximate surface area is 87.2 Å². The van der Waals surface area contributed by atoms with Gasteiger partial charge in [0.05, 0.1) is 6.04 Å². The molecule has 0 aromatic heterocycles. The minimum atomic E-state index is 0.189. The van der Waals surface area contributed by atoms with Gasteiger partial charge in [-0.15, -0.1) is 0 Å². The average molecular weight is 197 g/mol. The summed E-state index contributed by atoms with van der Waals surface area (Å²) in [5, 5.41) is 7.57. The van der Waals surface area contributed by atoms with Crippen LogP contribution in [0.15, 0.2) is 0 Å². The maximum absolute atomic E-state index is 7.57. The summed E-state index contributed by atoms with van der Waals surface area (Å²) < 4.78 is 0. The summed E-state index contributed by atoms with van der Waals surface area (Å²) in [5.74, 6) is 0.343. The van der Waals surface area contributed by atoms with Gasteiger partial charge in [0.2, 0.25) is 0 Å². The second kappa shape index (κ2) is 5.35. The lowest BCUT2D eigenvalue weighted by molar-refractivity contribution is 0.221. The smallest absolute Gasteiger partial charge is 0.108 e. The van der Waals surface area contributed by atoms with Gasteiger partial charge in [0.1, 0.15) is 5.84 Å². The van der Waals surface area contributed by atoms with Crippen molar-refractivity contribution in [3.63, 3.8) is 0 Å². The number of unbranched alkanes of at least 4 members (excludes halogenated alkanes) is 1. The molecule has 0 bridgehead atoms. The third-order valence-corrected chi connectivity index (χ3v) is 2.93. The lowest BCUT2D eigenvalue weighted by atomic mass is 10.1. The Morgan fingerprint density at radius 3 is 2.50 bits per heavy atom. The molecule has 3 nitrogen and oxygen atoms in total. The molecule has 82 valence electrons. The van der Waals surface area contributed by atoms with Gasteiger partial charge in [0.15, 0.2) is 0 Å². The van der Waals surface area contributed by atoms with Crippen molar-refractivity contribution in [2.75, 3.05) is 6.54 Å². The SMILES string of the molecule is CCCCN(C1CC1)C(CC)C(=N)N. The first kappa shape index (κ1) is 11.5. The number of amidine groups is 1. The molecule has 0 aromatic carbocycles. The molecule has 1 unspecified atom stereocenters. The molecule has 1 saturated carbocycles. The molecule has 0 aliphatic heterocycles. The maximum atomic E-state index is 7.57. The van der Waals surface area contributed by atoms with Crippen LogP contribution in [0.5, 0.6) is 0 Å². The first-order chi connectivity index (χ1) is 6.70. The molecule has 3 N–H and O–H groups in total. The molecular weight excluding hydrogens is 174 g/mol. The molecule has 1 aliphatic carbocycles. The highest BCUT2D eigenvalue weighted by molar-refractivity contribution is 5.82. The van der Waals surface area contributed by atoms with E-state index in [0.29, 0.717) is 5.84 Å². The third kappa shape index (κ3) is 2.98. The normalized spacial score (nSPS) is 18.5. The molecule has 14 heavy (non-hydrogen) atoms. The molecule has 3 heteroatoms. The zero-order chi connectivity index (χ0) is 10.6. The molecule has 0 saturated heterocycles. The Morgan fingerprint density at radius 2 is 2.14 bits per heavy atom. The van der Waals surface area contributed by atoms with E-state index in [9.17, 15) is 0 Å². The molecule has 1 atom stereocenters. The van der Waals surface area contributed by atoms with Gasteiger partial charge in [0.25, 0.3) is 0 Å². The molecule has 0 amide bonds. The first-order valence-corrected chi connectivity index (χ1v) is 5.80. The lowest BCUT2D eigenvalue weighted by Crippen LogP contribution is -2.45. The highest BCUT2D eigenvalue weighted by atomic mass is 15.2. The fourth-order valence-electron chi connectivity index (χ4n) is 1.97. The van der Waals surface area contributed by atoms with Crippen molar-refractivity contribution in [1.82, 2.24) is 4.90 Å². The van der Waals surface area contributed by atoms with Crippen LogP contribution in [-0.4, -0.2) is 29.4 Å². The Kier molecular flexibility index (Phi) is 4.39. The Bertz CT molecular complexity index is 187. The van der Waals surface area contributed by atoms with Gasteiger partial charge in [-0.25, -0.2) is 0 Å². The summed E-state index contributed by atoms with van der Waals surface area (Å²) in [4.78, 5) is 2.44. The van der Waals surface area contributed by atoms with Gasteiger partial charge in [-0.2, -0.15) is 0 Å². The summed E-state index contributed by atoms with van der Waals surface area (Å²) in [7, 11) is 0. The van der Waals surface area contributed by atoms with E-state index in [-0.39, 0.29) is 6.04 Å². The summed E-state index contributed by atoms with van der Waals surface area (Å²) in [6.07, 6.45) is 6.01. The predicted octanol–water partition coefficient (Wildman–Crippen LogP) is 1.97. The quantitative estimate of drug-likeness (QED) is 0.484. The van der Waals surface area contributed by atoms with Crippen molar-refractivity contribution in [3.05, 3.63) is 0 Å². The van der Waals surface area contributed by atoms with Crippen molar-refractivity contribution in [3.8, 4) is 0 Å². The highest BCUT2D eigenvalue weighted by Gasteiger charge is 2.33. The van der Waals surface area contributed by atoms with E-state index in [2.05, 4.69) is 18.7 Å². The monoisotopic (exact) mass is 197 g/mol. The van der Waals surface area contributed by atoms with Gasteiger partial charge >= 0.3 is 0 Å². The number of nitrogens with two attached hydrogens (primary N) is 1. The Balaban J connectivity index is 2.50. The van der Waals surface area contributed by atoms with Crippen LogP contribution in [0, 0.1) is 5.41 Å². The predicted molar refractivity (Wildman–Crippen MR) is 60.6 cm³/mol. The van der Waals surface area contributed by atoms with E-state index in [0.717, 1.165) is 19.0 Å². The molecule has 0 spiro atoms. The van der Waals surface area contributed by atoms with Gasteiger partial charge in [-0.05, 0) is 32.2 Å². The van der Waals surface area contributed by atoms with Gasteiger partial charge in [0, 0.05) is 6.04 Å². The second-order valence-electron chi connectivity index (χ2n) is 4.20. The maximum Gasteiger partial charge on any atom is 0.108 e. The van der Waals surface area contributed by atoms with Crippen molar-refractivity contribution >= 4 is 5.84 Å². The summed E-state index contributed by atoms with van der Waals surface area (Å²) in [5.41, 5.74) is 5.63. The number of hydrogen-bond donors (Lipinski definition) is 2. The van der Waals surface area contributed by atoms with E-state index in [1.165, 1.54) is 25.7 Å². The Morgan fingerprint density at radius 1 is 1.50 bits per heavy atom. The van der Waals surface area contributed by atoms with Crippen LogP contribution in [0.4, 0.5) is 0 Å². The van der Waals surface area contributed by atoms with E-state index in [1.54, 1.807) is 0 Å². The number of nitrogens with zero attached hydrogens (tertiary/aromatic N) is 1.